The van der Waals surface area contributed by atoms with E-state index >= 15 is 0 Å². The Kier molecular flexibility index (Phi) is 4.83. The van der Waals surface area contributed by atoms with Crippen molar-refractivity contribution in [2.45, 2.75) is 33.2 Å². The molecular weight excluding hydrogens is 314 g/mol. The lowest BCUT2D eigenvalue weighted by atomic mass is 10.1. The van der Waals surface area contributed by atoms with Gasteiger partial charge in [0.2, 0.25) is 5.91 Å². The van der Waals surface area contributed by atoms with E-state index in [9.17, 15) is 9.59 Å². The van der Waals surface area contributed by atoms with E-state index in [1.807, 2.05) is 31.2 Å². The number of carbonyl (C=O) groups excluding carboxylic acids is 2. The van der Waals surface area contributed by atoms with Crippen molar-refractivity contribution in [1.29, 1.82) is 0 Å². The number of hydrogen-bond donors (Lipinski definition) is 1. The molecule has 0 fully saturated rings. The molecule has 3 rings (SSSR count). The van der Waals surface area contributed by atoms with Crippen LogP contribution in [0, 0.1) is 12.8 Å². The maximum Gasteiger partial charge on any atom is 0.260 e. The summed E-state index contributed by atoms with van der Waals surface area (Å²) in [5.74, 6) is 0.213. The molecule has 1 unspecified atom stereocenters. The third-order valence-corrected chi connectivity index (χ3v) is 4.28. The van der Waals surface area contributed by atoms with Gasteiger partial charge in [0.1, 0.15) is 0 Å². The van der Waals surface area contributed by atoms with Crippen molar-refractivity contribution < 1.29 is 9.59 Å². The first kappa shape index (κ1) is 17.1. The molecule has 1 N–H and O–H groups in total. The monoisotopic (exact) mass is 337 g/mol. The SMILES string of the molecule is Cc1cccc(N2C(=O)c3cccnc3C2CC(=O)NCC(C)C)c1. The maximum absolute atomic E-state index is 12.9. The summed E-state index contributed by atoms with van der Waals surface area (Å²) >= 11 is 0. The molecular formula is C20H23N3O2. The molecule has 0 radical (unpaired) electrons. The molecule has 2 aromatic rings. The number of anilines is 1. The number of hydrogen-bond acceptors (Lipinski definition) is 3. The molecule has 1 aliphatic rings. The smallest absolute Gasteiger partial charge is 0.260 e. The Morgan fingerprint density at radius 1 is 1.28 bits per heavy atom. The number of aryl methyl sites for hydroxylation is 1. The van der Waals surface area contributed by atoms with Gasteiger partial charge < -0.3 is 5.32 Å². The van der Waals surface area contributed by atoms with Crippen molar-refractivity contribution >= 4 is 17.5 Å². The number of amides is 2. The van der Waals surface area contributed by atoms with Gasteiger partial charge in [-0.15, -0.1) is 0 Å². The van der Waals surface area contributed by atoms with Gasteiger partial charge in [-0.3, -0.25) is 19.5 Å². The van der Waals surface area contributed by atoms with Crippen LogP contribution >= 0.6 is 0 Å². The first-order valence-corrected chi connectivity index (χ1v) is 8.59. The summed E-state index contributed by atoms with van der Waals surface area (Å²) in [5, 5.41) is 2.93. The van der Waals surface area contributed by atoms with Crippen LogP contribution in [-0.2, 0) is 4.79 Å². The first-order valence-electron chi connectivity index (χ1n) is 8.59. The van der Waals surface area contributed by atoms with E-state index in [-0.39, 0.29) is 24.3 Å². The molecule has 130 valence electrons. The molecule has 0 saturated heterocycles. The van der Waals surface area contributed by atoms with E-state index in [0.717, 1.165) is 11.3 Å². The molecule has 1 aliphatic heterocycles. The van der Waals surface area contributed by atoms with Gasteiger partial charge in [-0.25, -0.2) is 0 Å². The molecule has 0 spiro atoms. The van der Waals surface area contributed by atoms with E-state index in [4.69, 9.17) is 0 Å². The van der Waals surface area contributed by atoms with Crippen LogP contribution in [0.5, 0.6) is 0 Å². The second kappa shape index (κ2) is 7.05. The zero-order chi connectivity index (χ0) is 18.0. The highest BCUT2D eigenvalue weighted by molar-refractivity contribution is 6.11. The fourth-order valence-electron chi connectivity index (χ4n) is 3.09. The van der Waals surface area contributed by atoms with Crippen LogP contribution in [0.15, 0.2) is 42.6 Å². The Morgan fingerprint density at radius 3 is 2.80 bits per heavy atom. The van der Waals surface area contributed by atoms with Gasteiger partial charge in [0.05, 0.1) is 23.7 Å². The first-order chi connectivity index (χ1) is 12.0. The minimum atomic E-state index is -0.377. The van der Waals surface area contributed by atoms with Crippen LogP contribution < -0.4 is 10.2 Å². The Morgan fingerprint density at radius 2 is 2.08 bits per heavy atom. The third-order valence-electron chi connectivity index (χ3n) is 4.28. The zero-order valence-corrected chi connectivity index (χ0v) is 14.8. The van der Waals surface area contributed by atoms with Crippen LogP contribution in [0.2, 0.25) is 0 Å². The fourth-order valence-corrected chi connectivity index (χ4v) is 3.09. The number of pyridine rings is 1. The van der Waals surface area contributed by atoms with Crippen LogP contribution in [0.3, 0.4) is 0 Å². The van der Waals surface area contributed by atoms with Gasteiger partial charge in [-0.2, -0.15) is 0 Å². The second-order valence-corrected chi connectivity index (χ2v) is 6.87. The number of nitrogens with zero attached hydrogens (tertiary/aromatic N) is 2. The highest BCUT2D eigenvalue weighted by atomic mass is 16.2. The van der Waals surface area contributed by atoms with Crippen molar-refractivity contribution in [3.05, 3.63) is 59.4 Å². The van der Waals surface area contributed by atoms with Crippen LogP contribution in [-0.4, -0.2) is 23.3 Å². The van der Waals surface area contributed by atoms with Gasteiger partial charge in [-0.05, 0) is 42.7 Å². The molecule has 1 atom stereocenters. The van der Waals surface area contributed by atoms with E-state index in [2.05, 4.69) is 24.1 Å². The van der Waals surface area contributed by atoms with Crippen molar-refractivity contribution in [1.82, 2.24) is 10.3 Å². The van der Waals surface area contributed by atoms with Gasteiger partial charge in [0, 0.05) is 18.4 Å². The highest BCUT2D eigenvalue weighted by Crippen LogP contribution is 2.38. The Balaban J connectivity index is 1.93. The van der Waals surface area contributed by atoms with Gasteiger partial charge >= 0.3 is 0 Å². The van der Waals surface area contributed by atoms with Crippen molar-refractivity contribution in [2.24, 2.45) is 5.92 Å². The molecule has 25 heavy (non-hydrogen) atoms. The molecule has 0 aliphatic carbocycles. The van der Waals surface area contributed by atoms with E-state index in [0.29, 0.717) is 23.7 Å². The molecule has 0 bridgehead atoms. The van der Waals surface area contributed by atoms with E-state index in [1.54, 1.807) is 23.2 Å². The predicted octanol–water partition coefficient (Wildman–Crippen LogP) is 3.25. The highest BCUT2D eigenvalue weighted by Gasteiger charge is 2.39. The number of carbonyl (C=O) groups is 2. The summed E-state index contributed by atoms with van der Waals surface area (Å²) in [5.41, 5.74) is 3.11. The topological polar surface area (TPSA) is 62.3 Å². The average Bonchev–Trinajstić information content (AvgIpc) is 2.86. The second-order valence-electron chi connectivity index (χ2n) is 6.87. The number of aromatic nitrogens is 1. The summed E-state index contributed by atoms with van der Waals surface area (Å²) in [7, 11) is 0. The summed E-state index contributed by atoms with van der Waals surface area (Å²) in [6.45, 7) is 6.71. The van der Waals surface area contributed by atoms with Crippen LogP contribution in [0.25, 0.3) is 0 Å². The number of nitrogens with one attached hydrogen (secondary N) is 1. The molecule has 1 aromatic carbocycles. The van der Waals surface area contributed by atoms with Crippen LogP contribution in [0.1, 0.15) is 47.9 Å². The van der Waals surface area contributed by atoms with Gasteiger partial charge in [0.25, 0.3) is 5.91 Å². The summed E-state index contributed by atoms with van der Waals surface area (Å²) in [4.78, 5) is 31.4. The third kappa shape index (κ3) is 3.55. The fraction of sp³-hybridized carbons (Fsp3) is 0.350. The lowest BCUT2D eigenvalue weighted by Gasteiger charge is -2.25. The Bertz CT molecular complexity index is 801. The Hall–Kier alpha value is -2.69. The standard InChI is InChI=1S/C20H23N3O2/c1-13(2)12-22-18(24)11-17-19-16(8-5-9-21-19)20(25)23(17)15-7-4-6-14(3)10-15/h4-10,13,17H,11-12H2,1-3H3,(H,22,24). The predicted molar refractivity (Wildman–Crippen MR) is 97.4 cm³/mol. The number of fused-ring (bicyclic) bond motifs is 1. The van der Waals surface area contributed by atoms with Gasteiger partial charge in [-0.1, -0.05) is 26.0 Å². The van der Waals surface area contributed by atoms with Gasteiger partial charge in [0.15, 0.2) is 0 Å². The van der Waals surface area contributed by atoms with E-state index < -0.39 is 0 Å². The molecule has 2 amide bonds. The molecule has 5 heteroatoms. The lowest BCUT2D eigenvalue weighted by molar-refractivity contribution is -0.121. The summed E-state index contributed by atoms with van der Waals surface area (Å²) in [6.07, 6.45) is 1.88. The van der Waals surface area contributed by atoms with E-state index in [1.165, 1.54) is 0 Å². The quantitative estimate of drug-likeness (QED) is 0.911. The number of benzene rings is 1. The minimum absolute atomic E-state index is 0.0670. The van der Waals surface area contributed by atoms with Crippen molar-refractivity contribution in [3.8, 4) is 0 Å². The van der Waals surface area contributed by atoms with Crippen LogP contribution in [0.4, 0.5) is 5.69 Å². The molecule has 1 aromatic heterocycles. The zero-order valence-electron chi connectivity index (χ0n) is 14.8. The molecule has 0 saturated carbocycles. The number of rotatable bonds is 5. The largest absolute Gasteiger partial charge is 0.356 e. The molecule has 5 nitrogen and oxygen atoms in total. The average molecular weight is 337 g/mol. The van der Waals surface area contributed by atoms with Crippen molar-refractivity contribution in [2.75, 3.05) is 11.4 Å². The maximum atomic E-state index is 12.9. The Labute approximate surface area is 148 Å². The molecule has 2 heterocycles. The summed E-state index contributed by atoms with van der Waals surface area (Å²) in [6, 6.07) is 10.9. The summed E-state index contributed by atoms with van der Waals surface area (Å²) < 4.78 is 0. The lowest BCUT2D eigenvalue weighted by Crippen LogP contribution is -2.34. The normalized spacial score (nSPS) is 16.2. The van der Waals surface area contributed by atoms with Crippen molar-refractivity contribution in [3.63, 3.8) is 0 Å². The minimum Gasteiger partial charge on any atom is -0.356 e.